The number of halogens is 1. The highest BCUT2D eigenvalue weighted by molar-refractivity contribution is 7.98. The molecule has 0 atom stereocenters. The largest absolute Gasteiger partial charge is 0.439 e. The summed E-state index contributed by atoms with van der Waals surface area (Å²) in [5.41, 5.74) is 3.40. The Morgan fingerprint density at radius 3 is 2.48 bits per heavy atom. The van der Waals surface area contributed by atoms with E-state index in [-0.39, 0.29) is 0 Å². The zero-order valence-corrected chi connectivity index (χ0v) is 17.3. The summed E-state index contributed by atoms with van der Waals surface area (Å²) in [6.07, 6.45) is 0.829. The maximum atomic E-state index is 6.06. The molecule has 0 fully saturated rings. The van der Waals surface area contributed by atoms with E-state index in [0.29, 0.717) is 17.0 Å². The highest BCUT2D eigenvalue weighted by Gasteiger charge is 2.08. The average molecular weight is 399 g/mol. The Morgan fingerprint density at radius 1 is 1.04 bits per heavy atom. The van der Waals surface area contributed by atoms with E-state index in [1.165, 1.54) is 5.56 Å². The second kappa shape index (κ2) is 9.25. The van der Waals surface area contributed by atoms with Gasteiger partial charge >= 0.3 is 0 Å². The molecule has 3 rings (SSSR count). The molecule has 140 valence electrons. The molecule has 0 N–H and O–H groups in total. The minimum atomic E-state index is 0.499. The number of hydrogen-bond acceptors (Lipinski definition) is 4. The van der Waals surface area contributed by atoms with Gasteiger partial charge in [0.05, 0.1) is 0 Å². The Bertz CT molecular complexity index is 897. The predicted octanol–water partition coefficient (Wildman–Crippen LogP) is 6.90. The fourth-order valence-corrected chi connectivity index (χ4v) is 3.59. The number of nitrogens with zero attached hydrogens (tertiary/aromatic N) is 2. The van der Waals surface area contributed by atoms with E-state index in [2.05, 4.69) is 48.9 Å². The molecular formula is C22H23ClN2OS. The number of aryl methyl sites for hydroxylation is 1. The Labute approximate surface area is 170 Å². The summed E-state index contributed by atoms with van der Waals surface area (Å²) in [6.45, 7) is 6.43. The smallest absolute Gasteiger partial charge is 0.223 e. The van der Waals surface area contributed by atoms with Crippen molar-refractivity contribution >= 4 is 23.4 Å². The average Bonchev–Trinajstić information content (AvgIpc) is 2.66. The number of aromatic nitrogens is 2. The Kier molecular flexibility index (Phi) is 6.75. The van der Waals surface area contributed by atoms with E-state index in [4.69, 9.17) is 16.3 Å². The summed E-state index contributed by atoms with van der Waals surface area (Å²) in [5.74, 6) is 2.62. The van der Waals surface area contributed by atoms with Crippen LogP contribution in [-0.4, -0.2) is 9.97 Å². The van der Waals surface area contributed by atoms with Gasteiger partial charge < -0.3 is 4.74 Å². The van der Waals surface area contributed by atoms with Gasteiger partial charge in [-0.2, -0.15) is 4.98 Å². The number of benzene rings is 2. The van der Waals surface area contributed by atoms with E-state index < -0.39 is 0 Å². The van der Waals surface area contributed by atoms with Gasteiger partial charge in [-0.3, -0.25) is 0 Å². The van der Waals surface area contributed by atoms with E-state index in [9.17, 15) is 0 Å². The van der Waals surface area contributed by atoms with Gasteiger partial charge in [-0.1, -0.05) is 68.4 Å². The normalized spacial score (nSPS) is 11.0. The third kappa shape index (κ3) is 5.72. The fourth-order valence-electron chi connectivity index (χ4n) is 2.56. The molecule has 27 heavy (non-hydrogen) atoms. The fraction of sp³-hybridized carbons (Fsp3) is 0.273. The molecule has 0 aliphatic rings. The molecular weight excluding hydrogens is 376 g/mol. The van der Waals surface area contributed by atoms with Crippen molar-refractivity contribution in [3.05, 3.63) is 76.4 Å². The van der Waals surface area contributed by atoms with Crippen LogP contribution in [0.3, 0.4) is 0 Å². The van der Waals surface area contributed by atoms with Gasteiger partial charge in [-0.05, 0) is 47.7 Å². The molecule has 2 aromatic carbocycles. The molecule has 3 aromatic rings. The molecule has 0 unspecified atom stereocenters. The summed E-state index contributed by atoms with van der Waals surface area (Å²) in [6, 6.07) is 17.9. The molecule has 0 amide bonds. The van der Waals surface area contributed by atoms with Crippen molar-refractivity contribution in [2.45, 2.75) is 44.0 Å². The van der Waals surface area contributed by atoms with Crippen molar-refractivity contribution in [1.29, 1.82) is 0 Å². The number of ether oxygens (including phenoxy) is 1. The molecule has 1 aromatic heterocycles. The van der Waals surface area contributed by atoms with Gasteiger partial charge in [0.15, 0.2) is 5.16 Å². The zero-order valence-electron chi connectivity index (χ0n) is 15.8. The lowest BCUT2D eigenvalue weighted by molar-refractivity contribution is 0.453. The SMILES string of the molecule is CCc1cc(Oc2ccc(C(C)C)cc2)nc(SCc2cccc(Cl)c2)n1. The van der Waals surface area contributed by atoms with E-state index in [1.54, 1.807) is 11.8 Å². The summed E-state index contributed by atoms with van der Waals surface area (Å²) in [4.78, 5) is 9.18. The van der Waals surface area contributed by atoms with Crippen molar-refractivity contribution in [3.8, 4) is 11.6 Å². The lowest BCUT2D eigenvalue weighted by atomic mass is 10.0. The van der Waals surface area contributed by atoms with Crippen LogP contribution in [0.1, 0.15) is 43.5 Å². The lowest BCUT2D eigenvalue weighted by Gasteiger charge is -2.10. The lowest BCUT2D eigenvalue weighted by Crippen LogP contribution is -1.97. The molecule has 0 saturated heterocycles. The van der Waals surface area contributed by atoms with Gasteiger partial charge in [0.25, 0.3) is 0 Å². The first kappa shape index (κ1) is 19.7. The summed E-state index contributed by atoms with van der Waals surface area (Å²) < 4.78 is 5.98. The maximum absolute atomic E-state index is 6.06. The third-order valence-corrected chi connectivity index (χ3v) is 5.28. The molecule has 1 heterocycles. The van der Waals surface area contributed by atoms with Crippen LogP contribution in [0.25, 0.3) is 0 Å². The van der Waals surface area contributed by atoms with Crippen LogP contribution in [0.4, 0.5) is 0 Å². The minimum Gasteiger partial charge on any atom is -0.439 e. The van der Waals surface area contributed by atoms with Crippen molar-refractivity contribution < 1.29 is 4.74 Å². The van der Waals surface area contributed by atoms with Crippen molar-refractivity contribution in [1.82, 2.24) is 9.97 Å². The second-order valence-electron chi connectivity index (χ2n) is 6.58. The van der Waals surface area contributed by atoms with Crippen molar-refractivity contribution in [2.24, 2.45) is 0 Å². The zero-order chi connectivity index (χ0) is 19.2. The monoisotopic (exact) mass is 398 g/mol. The van der Waals surface area contributed by atoms with Gasteiger partial charge in [-0.25, -0.2) is 4.98 Å². The van der Waals surface area contributed by atoms with Crippen LogP contribution in [0.5, 0.6) is 11.6 Å². The van der Waals surface area contributed by atoms with Gasteiger partial charge in [0.1, 0.15) is 5.75 Å². The van der Waals surface area contributed by atoms with Crippen molar-refractivity contribution in [3.63, 3.8) is 0 Å². The topological polar surface area (TPSA) is 35.0 Å². The second-order valence-corrected chi connectivity index (χ2v) is 7.96. The van der Waals surface area contributed by atoms with E-state index >= 15 is 0 Å². The molecule has 0 saturated carbocycles. The Balaban J connectivity index is 1.74. The van der Waals surface area contributed by atoms with Crippen molar-refractivity contribution in [2.75, 3.05) is 0 Å². The first-order valence-electron chi connectivity index (χ1n) is 9.06. The summed E-state index contributed by atoms with van der Waals surface area (Å²) in [7, 11) is 0. The standard InChI is InChI=1S/C22H23ClN2OS/c1-4-19-13-21(26-20-10-8-17(9-11-20)15(2)3)25-22(24-19)27-14-16-6-5-7-18(23)12-16/h5-13,15H,4,14H2,1-3H3. The Hall–Kier alpha value is -2.04. The molecule has 5 heteroatoms. The molecule has 0 spiro atoms. The van der Waals surface area contributed by atoms with Crippen LogP contribution < -0.4 is 4.74 Å². The summed E-state index contributed by atoms with van der Waals surface area (Å²) >= 11 is 7.64. The summed E-state index contributed by atoms with van der Waals surface area (Å²) in [5, 5.41) is 1.45. The first-order valence-corrected chi connectivity index (χ1v) is 10.4. The van der Waals surface area contributed by atoms with Crippen LogP contribution >= 0.6 is 23.4 Å². The molecule has 0 radical (unpaired) electrons. The van der Waals surface area contributed by atoms with Gasteiger partial charge in [0, 0.05) is 22.5 Å². The van der Waals surface area contributed by atoms with Crippen LogP contribution in [0.15, 0.2) is 59.8 Å². The number of rotatable bonds is 7. The first-order chi connectivity index (χ1) is 13.0. The van der Waals surface area contributed by atoms with Crippen LogP contribution in [-0.2, 0) is 12.2 Å². The number of hydrogen-bond donors (Lipinski definition) is 0. The number of thioether (sulfide) groups is 1. The third-order valence-electron chi connectivity index (χ3n) is 4.12. The quantitative estimate of drug-likeness (QED) is 0.320. The van der Waals surface area contributed by atoms with Crippen LogP contribution in [0, 0.1) is 0 Å². The maximum Gasteiger partial charge on any atom is 0.223 e. The highest BCUT2D eigenvalue weighted by atomic mass is 35.5. The van der Waals surface area contributed by atoms with Gasteiger partial charge in [-0.15, -0.1) is 0 Å². The predicted molar refractivity (Wildman–Crippen MR) is 113 cm³/mol. The molecule has 0 aliphatic heterocycles. The van der Waals surface area contributed by atoms with Crippen LogP contribution in [0.2, 0.25) is 5.02 Å². The minimum absolute atomic E-state index is 0.499. The Morgan fingerprint density at radius 2 is 1.81 bits per heavy atom. The molecule has 3 nitrogen and oxygen atoms in total. The highest BCUT2D eigenvalue weighted by Crippen LogP contribution is 2.27. The molecule has 0 aliphatic carbocycles. The van der Waals surface area contributed by atoms with Gasteiger partial charge in [0.2, 0.25) is 5.88 Å². The van der Waals surface area contributed by atoms with E-state index in [0.717, 1.165) is 34.2 Å². The van der Waals surface area contributed by atoms with E-state index in [1.807, 2.05) is 36.4 Å². The molecule has 0 bridgehead atoms.